The van der Waals surface area contributed by atoms with Gasteiger partial charge in [0.2, 0.25) is 0 Å². The Morgan fingerprint density at radius 1 is 0.870 bits per heavy atom. The quantitative estimate of drug-likeness (QED) is 0.724. The molecule has 2 aromatic rings. The van der Waals surface area contributed by atoms with Crippen molar-refractivity contribution in [1.29, 1.82) is 0 Å². The third-order valence-corrected chi connectivity index (χ3v) is 5.88. The third-order valence-electron chi connectivity index (χ3n) is 5.88. The van der Waals surface area contributed by atoms with Crippen LogP contribution in [0, 0.1) is 5.41 Å². The zero-order valence-electron chi connectivity index (χ0n) is 13.8. The zero-order valence-corrected chi connectivity index (χ0v) is 13.8. The Bertz CT molecular complexity index is 704. The predicted octanol–water partition coefficient (Wildman–Crippen LogP) is 5.03. The first-order valence-corrected chi connectivity index (χ1v) is 9.05. The van der Waals surface area contributed by atoms with E-state index >= 15 is 0 Å². The van der Waals surface area contributed by atoms with Crippen LogP contribution in [-0.2, 0) is 0 Å². The molecule has 0 radical (unpaired) electrons. The van der Waals surface area contributed by atoms with Crippen LogP contribution in [0.2, 0.25) is 0 Å². The van der Waals surface area contributed by atoms with E-state index in [1.165, 1.54) is 38.5 Å². The van der Waals surface area contributed by atoms with Crippen molar-refractivity contribution >= 4 is 16.7 Å². The molecule has 2 aromatic carbocycles. The van der Waals surface area contributed by atoms with E-state index in [1.807, 2.05) is 24.3 Å². The number of hydrogen-bond donors (Lipinski definition) is 0. The molecule has 120 valence electrons. The second-order valence-electron chi connectivity index (χ2n) is 7.42. The Balaban J connectivity index is 1.63. The summed E-state index contributed by atoms with van der Waals surface area (Å²) in [6.45, 7) is 1.89. The van der Waals surface area contributed by atoms with E-state index in [2.05, 4.69) is 23.1 Å². The van der Waals surface area contributed by atoms with E-state index in [4.69, 9.17) is 0 Å². The summed E-state index contributed by atoms with van der Waals surface area (Å²) < 4.78 is 0. The van der Waals surface area contributed by atoms with Crippen molar-refractivity contribution < 1.29 is 4.79 Å². The molecule has 1 aliphatic carbocycles. The van der Waals surface area contributed by atoms with Gasteiger partial charge in [-0.05, 0) is 47.9 Å². The van der Waals surface area contributed by atoms with E-state index in [-0.39, 0.29) is 5.91 Å². The highest BCUT2D eigenvalue weighted by Crippen LogP contribution is 2.43. The third kappa shape index (κ3) is 2.75. The van der Waals surface area contributed by atoms with Crippen molar-refractivity contribution in [2.24, 2.45) is 5.41 Å². The maximum Gasteiger partial charge on any atom is 0.254 e. The van der Waals surface area contributed by atoms with Gasteiger partial charge >= 0.3 is 0 Å². The molecule has 1 amide bonds. The first-order valence-electron chi connectivity index (χ1n) is 9.05. The highest BCUT2D eigenvalue weighted by Gasteiger charge is 2.38. The Kier molecular flexibility index (Phi) is 3.84. The van der Waals surface area contributed by atoms with Crippen molar-refractivity contribution in [3.8, 4) is 0 Å². The maximum absolute atomic E-state index is 13.2. The molecular formula is C21H25NO. The van der Waals surface area contributed by atoms with Crippen molar-refractivity contribution in [3.05, 3.63) is 48.0 Å². The molecule has 1 saturated heterocycles. The minimum Gasteiger partial charge on any atom is -0.338 e. The summed E-state index contributed by atoms with van der Waals surface area (Å²) in [6.07, 6.45) is 9.16. The Morgan fingerprint density at radius 3 is 2.48 bits per heavy atom. The molecule has 2 aliphatic rings. The van der Waals surface area contributed by atoms with Crippen LogP contribution >= 0.6 is 0 Å². The van der Waals surface area contributed by atoms with Crippen LogP contribution in [0.4, 0.5) is 0 Å². The summed E-state index contributed by atoms with van der Waals surface area (Å²) >= 11 is 0. The lowest BCUT2D eigenvalue weighted by molar-refractivity contribution is 0.0386. The molecule has 2 heteroatoms. The Labute approximate surface area is 138 Å². The van der Waals surface area contributed by atoms with Gasteiger partial charge in [-0.25, -0.2) is 0 Å². The number of nitrogens with zero attached hydrogens (tertiary/aromatic N) is 1. The number of hydrogen-bond acceptors (Lipinski definition) is 1. The lowest BCUT2D eigenvalue weighted by atomic mass is 9.69. The molecule has 0 N–H and O–H groups in total. The van der Waals surface area contributed by atoms with Crippen LogP contribution < -0.4 is 0 Å². The molecule has 23 heavy (non-hydrogen) atoms. The second-order valence-corrected chi connectivity index (χ2v) is 7.42. The summed E-state index contributed by atoms with van der Waals surface area (Å²) in [5.74, 6) is 0.228. The highest BCUT2D eigenvalue weighted by molar-refractivity contribution is 6.07. The van der Waals surface area contributed by atoms with Crippen molar-refractivity contribution in [1.82, 2.24) is 4.90 Å². The first kappa shape index (κ1) is 14.7. The number of rotatable bonds is 1. The number of piperidine rings is 1. The van der Waals surface area contributed by atoms with Gasteiger partial charge in [0.1, 0.15) is 0 Å². The molecule has 2 fully saturated rings. The van der Waals surface area contributed by atoms with Crippen molar-refractivity contribution in [3.63, 3.8) is 0 Å². The lowest BCUT2D eigenvalue weighted by Crippen LogP contribution is -2.47. The van der Waals surface area contributed by atoms with E-state index in [9.17, 15) is 4.79 Å². The van der Waals surface area contributed by atoms with Crippen molar-refractivity contribution in [2.75, 3.05) is 13.1 Å². The van der Waals surface area contributed by atoms with E-state index in [1.54, 1.807) is 0 Å². The normalized spacial score (nSPS) is 20.8. The van der Waals surface area contributed by atoms with Crippen molar-refractivity contribution in [2.45, 2.75) is 44.9 Å². The molecule has 4 rings (SSSR count). The molecule has 2 nitrogen and oxygen atoms in total. The zero-order chi connectivity index (χ0) is 15.7. The summed E-state index contributed by atoms with van der Waals surface area (Å²) in [7, 11) is 0. The van der Waals surface area contributed by atoms with Gasteiger partial charge in [0.05, 0.1) is 0 Å². The first-order chi connectivity index (χ1) is 11.3. The monoisotopic (exact) mass is 307 g/mol. The van der Waals surface area contributed by atoms with Crippen LogP contribution in [0.3, 0.4) is 0 Å². The van der Waals surface area contributed by atoms with Crippen LogP contribution in [0.25, 0.3) is 10.8 Å². The molecular weight excluding hydrogens is 282 g/mol. The van der Waals surface area contributed by atoms with E-state index in [0.717, 1.165) is 35.8 Å². The summed E-state index contributed by atoms with van der Waals surface area (Å²) in [4.78, 5) is 15.3. The Morgan fingerprint density at radius 2 is 1.61 bits per heavy atom. The molecule has 0 aromatic heterocycles. The standard InChI is InChI=1S/C21H25NO/c23-20(19-11-6-9-17-8-2-3-10-18(17)19)22-15-7-14-21(16-22)12-4-1-5-13-21/h2-3,6,8-11H,1,4-5,7,12-16H2. The molecule has 0 bridgehead atoms. The van der Waals surface area contributed by atoms with Gasteiger partial charge in [0.25, 0.3) is 5.91 Å². The summed E-state index contributed by atoms with van der Waals surface area (Å²) in [6, 6.07) is 14.3. The number of carbonyl (C=O) groups excluding carboxylic acids is 1. The van der Waals surface area contributed by atoms with Gasteiger partial charge in [-0.2, -0.15) is 0 Å². The van der Waals surface area contributed by atoms with Gasteiger partial charge < -0.3 is 4.90 Å². The van der Waals surface area contributed by atoms with Gasteiger partial charge in [-0.3, -0.25) is 4.79 Å². The van der Waals surface area contributed by atoms with Gasteiger partial charge in [0.15, 0.2) is 0 Å². The fourth-order valence-corrected chi connectivity index (χ4v) is 4.67. The second kappa shape index (κ2) is 5.99. The fraction of sp³-hybridized carbons (Fsp3) is 0.476. The molecule has 1 spiro atoms. The minimum absolute atomic E-state index is 0.228. The summed E-state index contributed by atoms with van der Waals surface area (Å²) in [5.41, 5.74) is 1.28. The molecule has 1 heterocycles. The average molecular weight is 307 g/mol. The molecule has 0 unspecified atom stereocenters. The smallest absolute Gasteiger partial charge is 0.254 e. The SMILES string of the molecule is O=C(c1cccc2ccccc12)N1CCCC2(CCCCC2)C1. The highest BCUT2D eigenvalue weighted by atomic mass is 16.2. The van der Waals surface area contributed by atoms with Gasteiger partial charge in [-0.1, -0.05) is 55.7 Å². The predicted molar refractivity (Wildman–Crippen MR) is 94.6 cm³/mol. The van der Waals surface area contributed by atoms with E-state index in [0.29, 0.717) is 5.41 Å². The minimum atomic E-state index is 0.228. The van der Waals surface area contributed by atoms with E-state index < -0.39 is 0 Å². The molecule has 1 aliphatic heterocycles. The lowest BCUT2D eigenvalue weighted by Gasteiger charge is -2.45. The number of carbonyl (C=O) groups is 1. The van der Waals surface area contributed by atoms with Gasteiger partial charge in [-0.15, -0.1) is 0 Å². The number of amides is 1. The largest absolute Gasteiger partial charge is 0.338 e. The number of benzene rings is 2. The number of fused-ring (bicyclic) bond motifs is 1. The van der Waals surface area contributed by atoms with Crippen LogP contribution in [-0.4, -0.2) is 23.9 Å². The molecule has 0 atom stereocenters. The fourth-order valence-electron chi connectivity index (χ4n) is 4.67. The maximum atomic E-state index is 13.2. The van der Waals surface area contributed by atoms with Crippen LogP contribution in [0.15, 0.2) is 42.5 Å². The topological polar surface area (TPSA) is 20.3 Å². The molecule has 1 saturated carbocycles. The summed E-state index contributed by atoms with van der Waals surface area (Å²) in [5, 5.41) is 2.24. The number of likely N-dealkylation sites (tertiary alicyclic amines) is 1. The van der Waals surface area contributed by atoms with Gasteiger partial charge in [0, 0.05) is 18.7 Å². The van der Waals surface area contributed by atoms with Crippen LogP contribution in [0.5, 0.6) is 0 Å². The van der Waals surface area contributed by atoms with Crippen LogP contribution in [0.1, 0.15) is 55.3 Å². The Hall–Kier alpha value is -1.83. The average Bonchev–Trinajstić information content (AvgIpc) is 2.61.